The molecule has 5 nitrogen and oxygen atoms in total. The first-order valence-corrected chi connectivity index (χ1v) is 9.91. The first-order chi connectivity index (χ1) is 12.4. The van der Waals surface area contributed by atoms with Gasteiger partial charge < -0.3 is 20.7 Å². The molecule has 1 aliphatic heterocycles. The summed E-state index contributed by atoms with van der Waals surface area (Å²) in [5.74, 6) is 0.663. The van der Waals surface area contributed by atoms with Gasteiger partial charge in [0, 0.05) is 37.0 Å². The minimum Gasteiger partial charge on any atom is -0.382 e. The van der Waals surface area contributed by atoms with Crippen molar-refractivity contribution in [2.24, 2.45) is 11.7 Å². The number of nitrogens with two attached hydrogens (primary N) is 1. The molecule has 162 valence electrons. The van der Waals surface area contributed by atoms with Gasteiger partial charge in [0.2, 0.25) is 0 Å². The Balaban J connectivity index is 0.00000364. The van der Waals surface area contributed by atoms with Crippen molar-refractivity contribution in [1.82, 2.24) is 4.90 Å². The van der Waals surface area contributed by atoms with Crippen molar-refractivity contribution in [3.05, 3.63) is 29.3 Å². The molecular formula is C21H37Cl2N3O2. The van der Waals surface area contributed by atoms with Crippen LogP contribution >= 0.6 is 24.8 Å². The summed E-state index contributed by atoms with van der Waals surface area (Å²) in [5.41, 5.74) is 8.39. The van der Waals surface area contributed by atoms with E-state index in [1.807, 2.05) is 24.0 Å². The van der Waals surface area contributed by atoms with Gasteiger partial charge >= 0.3 is 0 Å². The van der Waals surface area contributed by atoms with Gasteiger partial charge in [-0.25, -0.2) is 0 Å². The summed E-state index contributed by atoms with van der Waals surface area (Å²) in [6, 6.07) is 6.33. The Kier molecular flexibility index (Phi) is 12.8. The molecule has 1 heterocycles. The Morgan fingerprint density at radius 3 is 2.46 bits per heavy atom. The molecule has 0 aliphatic carbocycles. The number of benzene rings is 1. The third kappa shape index (κ3) is 7.43. The summed E-state index contributed by atoms with van der Waals surface area (Å²) >= 11 is 0. The maximum absolute atomic E-state index is 13.0. The van der Waals surface area contributed by atoms with Crippen LogP contribution in [0.3, 0.4) is 0 Å². The summed E-state index contributed by atoms with van der Waals surface area (Å²) < 4.78 is 5.84. The molecule has 0 spiro atoms. The lowest BCUT2D eigenvalue weighted by atomic mass is 10.0. The molecule has 1 amide bonds. The van der Waals surface area contributed by atoms with Crippen molar-refractivity contribution >= 4 is 36.4 Å². The number of anilines is 1. The minimum atomic E-state index is 0. The average Bonchev–Trinajstić information content (AvgIpc) is 2.63. The van der Waals surface area contributed by atoms with Crippen molar-refractivity contribution in [3.8, 4) is 0 Å². The van der Waals surface area contributed by atoms with E-state index in [0.717, 1.165) is 55.8 Å². The molecule has 1 aromatic carbocycles. The fourth-order valence-electron chi connectivity index (χ4n) is 3.16. The van der Waals surface area contributed by atoms with Crippen molar-refractivity contribution < 1.29 is 9.53 Å². The number of hydrogen-bond donors (Lipinski definition) is 2. The number of rotatable bonds is 8. The number of likely N-dealkylation sites (tertiary alicyclic amines) is 1. The lowest BCUT2D eigenvalue weighted by molar-refractivity contribution is 0.00843. The van der Waals surface area contributed by atoms with Crippen LogP contribution < -0.4 is 11.1 Å². The smallest absolute Gasteiger partial charge is 0.254 e. The molecule has 1 fully saturated rings. The molecule has 0 saturated carbocycles. The molecule has 0 bridgehead atoms. The van der Waals surface area contributed by atoms with Crippen LogP contribution in [0.2, 0.25) is 0 Å². The summed E-state index contributed by atoms with van der Waals surface area (Å²) in [7, 11) is 0. The largest absolute Gasteiger partial charge is 0.382 e. The van der Waals surface area contributed by atoms with E-state index < -0.39 is 0 Å². The van der Waals surface area contributed by atoms with Crippen LogP contribution in [0.1, 0.15) is 56.0 Å². The fraction of sp³-hybridized carbons (Fsp3) is 0.667. The number of carbonyl (C=O) groups is 1. The van der Waals surface area contributed by atoms with E-state index in [2.05, 4.69) is 32.2 Å². The molecule has 28 heavy (non-hydrogen) atoms. The molecule has 1 atom stereocenters. The summed E-state index contributed by atoms with van der Waals surface area (Å²) in [6.07, 6.45) is 2.95. The lowest BCUT2D eigenvalue weighted by Gasteiger charge is -2.32. The highest BCUT2D eigenvalue weighted by Crippen LogP contribution is 2.24. The minimum absolute atomic E-state index is 0. The van der Waals surface area contributed by atoms with Gasteiger partial charge in [0.25, 0.3) is 5.91 Å². The Morgan fingerprint density at radius 2 is 1.89 bits per heavy atom. The zero-order chi connectivity index (χ0) is 19.1. The second kappa shape index (κ2) is 13.3. The number of carbonyl (C=O) groups excluding carboxylic acids is 1. The molecule has 1 aromatic rings. The summed E-state index contributed by atoms with van der Waals surface area (Å²) in [6.45, 7) is 11.5. The number of piperidine rings is 1. The SMILES string of the molecule is Cc1c(NC(C)C(C)C)cccc1C(=O)N1CCC(OCCCN)CC1.Cl.Cl. The first kappa shape index (κ1) is 27.0. The van der Waals surface area contributed by atoms with Gasteiger partial charge in [-0.2, -0.15) is 0 Å². The van der Waals surface area contributed by atoms with Crippen LogP contribution in [0.5, 0.6) is 0 Å². The highest BCUT2D eigenvalue weighted by molar-refractivity contribution is 5.97. The lowest BCUT2D eigenvalue weighted by Crippen LogP contribution is -2.41. The number of halogens is 2. The zero-order valence-electron chi connectivity index (χ0n) is 17.6. The zero-order valence-corrected chi connectivity index (χ0v) is 19.2. The Hall–Kier alpha value is -1.01. The van der Waals surface area contributed by atoms with Crippen LogP contribution in [0.25, 0.3) is 0 Å². The fourth-order valence-corrected chi connectivity index (χ4v) is 3.16. The van der Waals surface area contributed by atoms with Gasteiger partial charge in [0.15, 0.2) is 0 Å². The van der Waals surface area contributed by atoms with E-state index in [-0.39, 0.29) is 36.8 Å². The van der Waals surface area contributed by atoms with Crippen LogP contribution in [-0.2, 0) is 4.74 Å². The molecule has 0 aromatic heterocycles. The number of ether oxygens (including phenoxy) is 1. The van der Waals surface area contributed by atoms with Crippen LogP contribution in [0, 0.1) is 12.8 Å². The van der Waals surface area contributed by atoms with Gasteiger partial charge in [0.05, 0.1) is 6.10 Å². The average molecular weight is 434 g/mol. The van der Waals surface area contributed by atoms with Crippen molar-refractivity contribution in [2.45, 2.75) is 59.1 Å². The number of nitrogens with zero attached hydrogens (tertiary/aromatic N) is 1. The molecular weight excluding hydrogens is 397 g/mol. The number of hydrogen-bond acceptors (Lipinski definition) is 4. The van der Waals surface area contributed by atoms with Gasteiger partial charge in [0.1, 0.15) is 0 Å². The van der Waals surface area contributed by atoms with Crippen LogP contribution in [-0.4, -0.2) is 49.2 Å². The molecule has 1 aliphatic rings. The molecule has 1 unspecified atom stereocenters. The van der Waals surface area contributed by atoms with Crippen molar-refractivity contribution in [3.63, 3.8) is 0 Å². The molecule has 7 heteroatoms. The number of amides is 1. The maximum Gasteiger partial charge on any atom is 0.254 e. The number of nitrogens with one attached hydrogen (secondary N) is 1. The van der Waals surface area contributed by atoms with Gasteiger partial charge in [-0.05, 0) is 63.3 Å². The van der Waals surface area contributed by atoms with E-state index in [1.54, 1.807) is 0 Å². The van der Waals surface area contributed by atoms with Crippen molar-refractivity contribution in [1.29, 1.82) is 0 Å². The van der Waals surface area contributed by atoms with Crippen LogP contribution in [0.15, 0.2) is 18.2 Å². The normalized spacial score (nSPS) is 15.6. The maximum atomic E-state index is 13.0. The van der Waals surface area contributed by atoms with Crippen LogP contribution in [0.4, 0.5) is 5.69 Å². The molecule has 0 radical (unpaired) electrons. The monoisotopic (exact) mass is 433 g/mol. The standard InChI is InChI=1S/C21H35N3O2.2ClH/c1-15(2)17(4)23-20-8-5-7-19(16(20)3)21(25)24-12-9-18(10-13-24)26-14-6-11-22;;/h5,7-8,15,17-18,23H,6,9-14,22H2,1-4H3;2*1H. The Labute approximate surface area is 182 Å². The highest BCUT2D eigenvalue weighted by Gasteiger charge is 2.25. The van der Waals surface area contributed by atoms with E-state index in [9.17, 15) is 4.79 Å². The first-order valence-electron chi connectivity index (χ1n) is 9.91. The Bertz CT molecular complexity index is 591. The van der Waals surface area contributed by atoms with Crippen molar-refractivity contribution in [2.75, 3.05) is 31.6 Å². The van der Waals surface area contributed by atoms with E-state index in [0.29, 0.717) is 18.5 Å². The topological polar surface area (TPSA) is 67.6 Å². The second-order valence-corrected chi connectivity index (χ2v) is 7.66. The molecule has 1 saturated heterocycles. The predicted octanol–water partition coefficient (Wildman–Crippen LogP) is 4.27. The van der Waals surface area contributed by atoms with E-state index >= 15 is 0 Å². The molecule has 2 rings (SSSR count). The van der Waals surface area contributed by atoms with Gasteiger partial charge in [-0.15, -0.1) is 24.8 Å². The summed E-state index contributed by atoms with van der Waals surface area (Å²) in [4.78, 5) is 15.0. The Morgan fingerprint density at radius 1 is 1.25 bits per heavy atom. The quantitative estimate of drug-likeness (QED) is 0.600. The third-order valence-electron chi connectivity index (χ3n) is 5.38. The van der Waals surface area contributed by atoms with Gasteiger partial charge in [-0.3, -0.25) is 4.79 Å². The van der Waals surface area contributed by atoms with E-state index in [4.69, 9.17) is 10.5 Å². The van der Waals surface area contributed by atoms with Gasteiger partial charge in [-0.1, -0.05) is 19.9 Å². The highest BCUT2D eigenvalue weighted by atomic mass is 35.5. The summed E-state index contributed by atoms with van der Waals surface area (Å²) in [5, 5.41) is 3.54. The second-order valence-electron chi connectivity index (χ2n) is 7.66. The predicted molar refractivity (Wildman–Crippen MR) is 122 cm³/mol. The van der Waals surface area contributed by atoms with E-state index in [1.165, 1.54) is 0 Å². The molecule has 3 N–H and O–H groups in total. The third-order valence-corrected chi connectivity index (χ3v) is 5.38.